The molecule has 2 aromatic rings. The van der Waals surface area contributed by atoms with E-state index in [9.17, 15) is 12.8 Å². The first-order chi connectivity index (χ1) is 12.3. The number of piperazine rings is 1. The van der Waals surface area contributed by atoms with Crippen LogP contribution in [0.25, 0.3) is 0 Å². The minimum absolute atomic E-state index is 0.0431. The molecule has 1 saturated heterocycles. The molecule has 0 N–H and O–H groups in total. The summed E-state index contributed by atoms with van der Waals surface area (Å²) >= 11 is 17.9. The molecule has 9 heteroatoms. The van der Waals surface area contributed by atoms with E-state index in [1.165, 1.54) is 28.6 Å². The summed E-state index contributed by atoms with van der Waals surface area (Å²) < 4.78 is 40.4. The van der Waals surface area contributed by atoms with Gasteiger partial charge in [-0.25, -0.2) is 12.8 Å². The number of nitrogens with zero attached hydrogens (tertiary/aromatic N) is 2. The summed E-state index contributed by atoms with van der Waals surface area (Å²) in [6.07, 6.45) is 0. The molecule has 0 amide bonds. The van der Waals surface area contributed by atoms with Crippen molar-refractivity contribution < 1.29 is 12.8 Å². The van der Waals surface area contributed by atoms with E-state index in [1.54, 1.807) is 6.07 Å². The Morgan fingerprint density at radius 1 is 0.923 bits per heavy atom. The normalized spacial score (nSPS) is 16.8. The van der Waals surface area contributed by atoms with Crippen molar-refractivity contribution in [3.05, 3.63) is 62.8 Å². The Bertz CT molecular complexity index is 916. The Labute approximate surface area is 167 Å². The molecule has 1 aliphatic rings. The van der Waals surface area contributed by atoms with Gasteiger partial charge in [-0.05, 0) is 29.8 Å². The first kappa shape index (κ1) is 19.9. The Balaban J connectivity index is 1.70. The number of hydrogen-bond donors (Lipinski definition) is 0. The molecule has 4 nitrogen and oxygen atoms in total. The molecule has 1 fully saturated rings. The fraction of sp³-hybridized carbons (Fsp3) is 0.294. The second kappa shape index (κ2) is 8.00. The third-order valence-electron chi connectivity index (χ3n) is 4.22. The molecule has 1 aliphatic heterocycles. The van der Waals surface area contributed by atoms with E-state index in [0.29, 0.717) is 32.7 Å². The summed E-state index contributed by atoms with van der Waals surface area (Å²) in [5.74, 6) is -0.280. The Kier molecular flexibility index (Phi) is 6.11. The summed E-state index contributed by atoms with van der Waals surface area (Å²) in [6, 6.07) is 9.01. The molecular formula is C17H16Cl3FN2O2S. The molecule has 2 aromatic carbocycles. The number of rotatable bonds is 4. The quantitative estimate of drug-likeness (QED) is 0.670. The highest BCUT2D eigenvalue weighted by molar-refractivity contribution is 7.89. The molecule has 0 bridgehead atoms. The second-order valence-electron chi connectivity index (χ2n) is 6.01. The zero-order chi connectivity index (χ0) is 18.9. The molecule has 26 heavy (non-hydrogen) atoms. The van der Waals surface area contributed by atoms with Crippen molar-refractivity contribution in [3.8, 4) is 0 Å². The maximum atomic E-state index is 13.3. The molecule has 0 radical (unpaired) electrons. The van der Waals surface area contributed by atoms with Crippen LogP contribution in [0.4, 0.5) is 4.39 Å². The lowest BCUT2D eigenvalue weighted by molar-refractivity contribution is 0.181. The molecule has 0 aliphatic carbocycles. The van der Waals surface area contributed by atoms with Gasteiger partial charge in [0, 0.05) is 32.7 Å². The Morgan fingerprint density at radius 2 is 1.58 bits per heavy atom. The third-order valence-corrected chi connectivity index (χ3v) is 7.30. The monoisotopic (exact) mass is 436 g/mol. The third kappa shape index (κ3) is 4.32. The fourth-order valence-corrected chi connectivity index (χ4v) is 5.26. The molecular weight excluding hydrogens is 422 g/mol. The zero-order valence-electron chi connectivity index (χ0n) is 13.6. The lowest BCUT2D eigenvalue weighted by Gasteiger charge is -2.34. The van der Waals surface area contributed by atoms with Crippen LogP contribution in [0.5, 0.6) is 0 Å². The average Bonchev–Trinajstić information content (AvgIpc) is 2.58. The summed E-state index contributed by atoms with van der Waals surface area (Å²) in [6.45, 7) is 2.27. The highest BCUT2D eigenvalue weighted by Crippen LogP contribution is 2.33. The van der Waals surface area contributed by atoms with E-state index in [0.717, 1.165) is 5.56 Å². The Morgan fingerprint density at radius 3 is 2.23 bits per heavy atom. The van der Waals surface area contributed by atoms with E-state index in [4.69, 9.17) is 34.8 Å². The van der Waals surface area contributed by atoms with Gasteiger partial charge in [0.2, 0.25) is 10.0 Å². The molecule has 0 saturated carbocycles. The number of halogens is 4. The smallest absolute Gasteiger partial charge is 0.244 e. The van der Waals surface area contributed by atoms with Crippen LogP contribution >= 0.6 is 34.8 Å². The highest BCUT2D eigenvalue weighted by atomic mass is 35.5. The van der Waals surface area contributed by atoms with Gasteiger partial charge in [0.25, 0.3) is 0 Å². The van der Waals surface area contributed by atoms with Gasteiger partial charge in [-0.3, -0.25) is 4.90 Å². The van der Waals surface area contributed by atoms with Crippen molar-refractivity contribution in [2.45, 2.75) is 11.4 Å². The maximum Gasteiger partial charge on any atom is 0.244 e. The van der Waals surface area contributed by atoms with E-state index >= 15 is 0 Å². The number of benzene rings is 2. The number of hydrogen-bond acceptors (Lipinski definition) is 3. The van der Waals surface area contributed by atoms with Crippen molar-refractivity contribution in [2.75, 3.05) is 26.2 Å². The number of sulfonamides is 1. The van der Waals surface area contributed by atoms with Gasteiger partial charge in [0.1, 0.15) is 10.7 Å². The van der Waals surface area contributed by atoms with Crippen LogP contribution in [0.3, 0.4) is 0 Å². The predicted octanol–water partition coefficient (Wildman–Crippen LogP) is 4.29. The van der Waals surface area contributed by atoms with Crippen LogP contribution in [-0.4, -0.2) is 43.8 Å². The molecule has 0 spiro atoms. The van der Waals surface area contributed by atoms with Crippen molar-refractivity contribution in [2.24, 2.45) is 0 Å². The standard InChI is InChI=1S/C17H16Cl3FN2O2S/c18-14-9-16(20)17(10-15(14)19)26(24,25)23-6-4-22(5-7-23)11-12-2-1-3-13(21)8-12/h1-3,8-10H,4-7,11H2. The van der Waals surface area contributed by atoms with Gasteiger partial charge in [-0.1, -0.05) is 46.9 Å². The molecule has 0 atom stereocenters. The van der Waals surface area contributed by atoms with E-state index in [2.05, 4.69) is 4.90 Å². The van der Waals surface area contributed by atoms with Crippen molar-refractivity contribution >= 4 is 44.8 Å². The average molecular weight is 438 g/mol. The topological polar surface area (TPSA) is 40.6 Å². The SMILES string of the molecule is O=S(=O)(c1cc(Cl)c(Cl)cc1Cl)N1CCN(Cc2cccc(F)c2)CC1. The van der Waals surface area contributed by atoms with Gasteiger partial charge >= 0.3 is 0 Å². The summed E-state index contributed by atoms with van der Waals surface area (Å²) in [5.41, 5.74) is 0.855. The van der Waals surface area contributed by atoms with Gasteiger partial charge in [-0.15, -0.1) is 0 Å². The van der Waals surface area contributed by atoms with E-state index in [1.807, 2.05) is 6.07 Å². The lowest BCUT2D eigenvalue weighted by Crippen LogP contribution is -2.48. The minimum Gasteiger partial charge on any atom is -0.296 e. The molecule has 0 unspecified atom stereocenters. The molecule has 3 rings (SSSR count). The summed E-state index contributed by atoms with van der Waals surface area (Å²) in [7, 11) is -3.76. The molecule has 140 valence electrons. The summed E-state index contributed by atoms with van der Waals surface area (Å²) in [4.78, 5) is 2.03. The first-order valence-corrected chi connectivity index (χ1v) is 10.5. The van der Waals surface area contributed by atoms with Crippen LogP contribution in [0.2, 0.25) is 15.1 Å². The van der Waals surface area contributed by atoms with Gasteiger partial charge < -0.3 is 0 Å². The predicted molar refractivity (Wildman–Crippen MR) is 102 cm³/mol. The van der Waals surface area contributed by atoms with Crippen LogP contribution in [0.1, 0.15) is 5.56 Å². The van der Waals surface area contributed by atoms with Crippen molar-refractivity contribution in [1.82, 2.24) is 9.21 Å². The molecule has 1 heterocycles. The highest BCUT2D eigenvalue weighted by Gasteiger charge is 2.30. The minimum atomic E-state index is -3.76. The first-order valence-electron chi connectivity index (χ1n) is 7.89. The van der Waals surface area contributed by atoms with Crippen molar-refractivity contribution in [1.29, 1.82) is 0 Å². The Hall–Kier alpha value is -0.890. The van der Waals surface area contributed by atoms with Crippen LogP contribution < -0.4 is 0 Å². The van der Waals surface area contributed by atoms with Gasteiger partial charge in [0.15, 0.2) is 0 Å². The van der Waals surface area contributed by atoms with Gasteiger partial charge in [0.05, 0.1) is 15.1 Å². The second-order valence-corrected chi connectivity index (χ2v) is 9.13. The van der Waals surface area contributed by atoms with Crippen molar-refractivity contribution in [3.63, 3.8) is 0 Å². The van der Waals surface area contributed by atoms with E-state index < -0.39 is 10.0 Å². The lowest BCUT2D eigenvalue weighted by atomic mass is 10.2. The van der Waals surface area contributed by atoms with E-state index in [-0.39, 0.29) is 25.8 Å². The van der Waals surface area contributed by atoms with Crippen LogP contribution in [-0.2, 0) is 16.6 Å². The fourth-order valence-electron chi connectivity index (χ4n) is 2.86. The largest absolute Gasteiger partial charge is 0.296 e. The van der Waals surface area contributed by atoms with Crippen LogP contribution in [0.15, 0.2) is 41.3 Å². The molecule has 0 aromatic heterocycles. The maximum absolute atomic E-state index is 13.3. The zero-order valence-corrected chi connectivity index (χ0v) is 16.7. The van der Waals surface area contributed by atoms with Crippen LogP contribution in [0, 0.1) is 5.82 Å². The summed E-state index contributed by atoms with van der Waals surface area (Å²) in [5, 5.41) is 0.386. The van der Waals surface area contributed by atoms with Gasteiger partial charge in [-0.2, -0.15) is 4.31 Å².